The maximum atomic E-state index is 9.29. The first-order valence-corrected chi connectivity index (χ1v) is 6.15. The lowest BCUT2D eigenvalue weighted by molar-refractivity contribution is 0.201. The second-order valence-electron chi connectivity index (χ2n) is 5.76. The largest absolute Gasteiger partial charge is 0.508 e. The molecule has 0 fully saturated rings. The summed E-state index contributed by atoms with van der Waals surface area (Å²) in [6, 6.07) is 7.63. The van der Waals surface area contributed by atoms with Gasteiger partial charge in [0.05, 0.1) is 0 Å². The molecule has 0 saturated carbocycles. The van der Waals surface area contributed by atoms with Crippen molar-refractivity contribution in [2.45, 2.75) is 47.0 Å². The molecular formula is C15H24O. The minimum absolute atomic E-state index is 0.325. The second kappa shape index (κ2) is 4.90. The predicted molar refractivity (Wildman–Crippen MR) is 69.8 cm³/mol. The van der Waals surface area contributed by atoms with Crippen LogP contribution in [0.25, 0.3) is 0 Å². The van der Waals surface area contributed by atoms with Gasteiger partial charge in [-0.05, 0) is 34.9 Å². The van der Waals surface area contributed by atoms with Crippen molar-refractivity contribution in [3.63, 3.8) is 0 Å². The summed E-state index contributed by atoms with van der Waals surface area (Å²) in [5.74, 6) is 1.54. The maximum absolute atomic E-state index is 9.29. The number of phenolic OH excluding ortho intramolecular Hbond substituents is 1. The van der Waals surface area contributed by atoms with E-state index in [0.717, 1.165) is 0 Å². The zero-order valence-corrected chi connectivity index (χ0v) is 11.1. The summed E-state index contributed by atoms with van der Waals surface area (Å²) in [4.78, 5) is 0. The number of rotatable bonds is 3. The first-order valence-electron chi connectivity index (χ1n) is 6.15. The number of benzene rings is 1. The van der Waals surface area contributed by atoms with Crippen molar-refractivity contribution in [1.29, 1.82) is 0 Å². The molecular weight excluding hydrogens is 196 g/mol. The minimum Gasteiger partial charge on any atom is -0.508 e. The molecule has 16 heavy (non-hydrogen) atoms. The highest BCUT2D eigenvalue weighted by Crippen LogP contribution is 2.39. The summed E-state index contributed by atoms with van der Waals surface area (Å²) in [7, 11) is 0. The molecule has 90 valence electrons. The fourth-order valence-electron chi connectivity index (χ4n) is 2.73. The van der Waals surface area contributed by atoms with Crippen LogP contribution in [0.5, 0.6) is 5.75 Å². The molecule has 1 N–H and O–H groups in total. The van der Waals surface area contributed by atoms with Gasteiger partial charge in [-0.3, -0.25) is 0 Å². The highest BCUT2D eigenvalue weighted by atomic mass is 16.3. The van der Waals surface area contributed by atoms with Crippen molar-refractivity contribution >= 4 is 0 Å². The normalized spacial score (nSPS) is 15.8. The molecule has 1 aromatic rings. The third-order valence-electron chi connectivity index (χ3n) is 3.57. The third kappa shape index (κ3) is 3.01. The van der Waals surface area contributed by atoms with Gasteiger partial charge >= 0.3 is 0 Å². The van der Waals surface area contributed by atoms with Gasteiger partial charge in [-0.1, -0.05) is 53.2 Å². The average molecular weight is 220 g/mol. The van der Waals surface area contributed by atoms with Gasteiger partial charge in [-0.15, -0.1) is 0 Å². The second-order valence-corrected chi connectivity index (χ2v) is 5.76. The van der Waals surface area contributed by atoms with E-state index in [4.69, 9.17) is 0 Å². The Balaban J connectivity index is 2.91. The standard InChI is InChI=1S/C15H24O/c1-6-14(15(3,4)5)11(2)12-7-9-13(16)10-8-12/h7-11,14,16H,6H2,1-5H3. The predicted octanol–water partition coefficient (Wildman–Crippen LogP) is 4.57. The number of phenols is 1. The number of hydrogen-bond donors (Lipinski definition) is 1. The van der Waals surface area contributed by atoms with E-state index in [-0.39, 0.29) is 0 Å². The van der Waals surface area contributed by atoms with Crippen LogP contribution in [0.15, 0.2) is 24.3 Å². The van der Waals surface area contributed by atoms with Crippen molar-refractivity contribution in [1.82, 2.24) is 0 Å². The Bertz CT molecular complexity index is 318. The minimum atomic E-state index is 0.325. The first kappa shape index (κ1) is 13.1. The van der Waals surface area contributed by atoms with Gasteiger partial charge in [-0.25, -0.2) is 0 Å². The summed E-state index contributed by atoms with van der Waals surface area (Å²) in [6.07, 6.45) is 1.19. The van der Waals surface area contributed by atoms with Crippen LogP contribution in [-0.2, 0) is 0 Å². The topological polar surface area (TPSA) is 20.2 Å². The van der Waals surface area contributed by atoms with E-state index in [9.17, 15) is 5.11 Å². The van der Waals surface area contributed by atoms with Crippen molar-refractivity contribution in [2.24, 2.45) is 11.3 Å². The quantitative estimate of drug-likeness (QED) is 0.791. The van der Waals surface area contributed by atoms with E-state index >= 15 is 0 Å². The number of aromatic hydroxyl groups is 1. The van der Waals surface area contributed by atoms with Crippen LogP contribution in [0, 0.1) is 11.3 Å². The van der Waals surface area contributed by atoms with Crippen LogP contribution in [0.4, 0.5) is 0 Å². The monoisotopic (exact) mass is 220 g/mol. The highest BCUT2D eigenvalue weighted by Gasteiger charge is 2.28. The fraction of sp³-hybridized carbons (Fsp3) is 0.600. The Hall–Kier alpha value is -0.980. The molecule has 0 radical (unpaired) electrons. The molecule has 0 spiro atoms. The molecule has 2 unspecified atom stereocenters. The van der Waals surface area contributed by atoms with Crippen LogP contribution >= 0.6 is 0 Å². The Kier molecular flexibility index (Phi) is 4.01. The molecule has 0 aliphatic carbocycles. The van der Waals surface area contributed by atoms with Crippen LogP contribution < -0.4 is 0 Å². The Labute approximate surface area is 99.5 Å². The highest BCUT2D eigenvalue weighted by molar-refractivity contribution is 5.28. The Morgan fingerprint density at radius 1 is 1.12 bits per heavy atom. The summed E-state index contributed by atoms with van der Waals surface area (Å²) < 4.78 is 0. The molecule has 0 aromatic heterocycles. The molecule has 0 bridgehead atoms. The van der Waals surface area contributed by atoms with Crippen molar-refractivity contribution in [3.05, 3.63) is 29.8 Å². The van der Waals surface area contributed by atoms with Crippen molar-refractivity contribution in [3.8, 4) is 5.75 Å². The molecule has 1 rings (SSSR count). The third-order valence-corrected chi connectivity index (χ3v) is 3.57. The average Bonchev–Trinajstić information content (AvgIpc) is 2.17. The maximum Gasteiger partial charge on any atom is 0.115 e. The smallest absolute Gasteiger partial charge is 0.115 e. The summed E-state index contributed by atoms with van der Waals surface area (Å²) in [5.41, 5.74) is 1.64. The summed E-state index contributed by atoms with van der Waals surface area (Å²) in [5, 5.41) is 9.29. The molecule has 0 aliphatic rings. The summed E-state index contributed by atoms with van der Waals surface area (Å²) in [6.45, 7) is 11.5. The lowest BCUT2D eigenvalue weighted by atomic mass is 9.70. The Morgan fingerprint density at radius 2 is 1.62 bits per heavy atom. The van der Waals surface area contributed by atoms with Gasteiger partial charge in [0.2, 0.25) is 0 Å². The lowest BCUT2D eigenvalue weighted by Crippen LogP contribution is -2.24. The SMILES string of the molecule is CCC(C(C)c1ccc(O)cc1)C(C)(C)C. The van der Waals surface area contributed by atoms with Crippen molar-refractivity contribution < 1.29 is 5.11 Å². The van der Waals surface area contributed by atoms with Gasteiger partial charge in [0.15, 0.2) is 0 Å². The van der Waals surface area contributed by atoms with Gasteiger partial charge < -0.3 is 5.11 Å². The molecule has 1 nitrogen and oxygen atoms in total. The fourth-order valence-corrected chi connectivity index (χ4v) is 2.73. The summed E-state index contributed by atoms with van der Waals surface area (Å²) >= 11 is 0. The van der Waals surface area contributed by atoms with E-state index in [1.165, 1.54) is 12.0 Å². The molecule has 0 aliphatic heterocycles. The first-order chi connectivity index (χ1) is 7.36. The van der Waals surface area contributed by atoms with Crippen LogP contribution in [0.3, 0.4) is 0 Å². The molecule has 2 atom stereocenters. The van der Waals surface area contributed by atoms with Crippen LogP contribution in [-0.4, -0.2) is 5.11 Å². The van der Waals surface area contributed by atoms with Crippen LogP contribution in [0.1, 0.15) is 52.5 Å². The molecule has 1 heteroatoms. The van der Waals surface area contributed by atoms with Gasteiger partial charge in [0, 0.05) is 0 Å². The van der Waals surface area contributed by atoms with Crippen LogP contribution in [0.2, 0.25) is 0 Å². The molecule has 0 amide bonds. The van der Waals surface area contributed by atoms with Gasteiger partial charge in [0.1, 0.15) is 5.75 Å². The zero-order valence-electron chi connectivity index (χ0n) is 11.1. The molecule has 0 saturated heterocycles. The van der Waals surface area contributed by atoms with Gasteiger partial charge in [-0.2, -0.15) is 0 Å². The van der Waals surface area contributed by atoms with E-state index in [1.807, 2.05) is 12.1 Å². The Morgan fingerprint density at radius 3 is 2.00 bits per heavy atom. The molecule has 1 aromatic carbocycles. The van der Waals surface area contributed by atoms with E-state index < -0.39 is 0 Å². The zero-order chi connectivity index (χ0) is 12.3. The van der Waals surface area contributed by atoms with Gasteiger partial charge in [0.25, 0.3) is 0 Å². The van der Waals surface area contributed by atoms with E-state index in [2.05, 4.69) is 34.6 Å². The number of hydrogen-bond acceptors (Lipinski definition) is 1. The molecule has 0 heterocycles. The van der Waals surface area contributed by atoms with E-state index in [1.54, 1.807) is 12.1 Å². The van der Waals surface area contributed by atoms with Crippen molar-refractivity contribution in [2.75, 3.05) is 0 Å². The lowest BCUT2D eigenvalue weighted by Gasteiger charge is -2.35. The van der Waals surface area contributed by atoms with E-state index in [0.29, 0.717) is 23.0 Å².